The maximum Gasteiger partial charge on any atom is 0.410 e. The van der Waals surface area contributed by atoms with Gasteiger partial charge in [0.15, 0.2) is 0 Å². The van der Waals surface area contributed by atoms with Gasteiger partial charge in [0.2, 0.25) is 0 Å². The second kappa shape index (κ2) is 16.1. The van der Waals surface area contributed by atoms with E-state index in [1.807, 2.05) is 71.4 Å². The number of piperidine rings is 1. The van der Waals surface area contributed by atoms with Crippen LogP contribution in [0.4, 0.5) is 10.5 Å². The lowest BCUT2D eigenvalue weighted by atomic mass is 9.72. The van der Waals surface area contributed by atoms with Crippen LogP contribution in [0.15, 0.2) is 48.7 Å². The molecule has 0 aliphatic carbocycles. The van der Waals surface area contributed by atoms with Crippen LogP contribution in [0.5, 0.6) is 5.75 Å². The van der Waals surface area contributed by atoms with E-state index in [1.165, 1.54) is 5.56 Å². The van der Waals surface area contributed by atoms with Crippen molar-refractivity contribution < 1.29 is 19.1 Å². The van der Waals surface area contributed by atoms with Crippen LogP contribution >= 0.6 is 0 Å². The Morgan fingerprint density at radius 3 is 2.17 bits per heavy atom. The number of carbonyl (C=O) groups is 2. The molecule has 1 amide bonds. The van der Waals surface area contributed by atoms with E-state index in [4.69, 9.17) is 14.3 Å². The fourth-order valence-electron chi connectivity index (χ4n) is 6.40. The number of aryl methyl sites for hydroxylation is 2. The number of amides is 1. The lowest BCUT2D eigenvalue weighted by Crippen LogP contribution is -2.62. The number of aromatic nitrogens is 2. The molecule has 9 heteroatoms. The second-order valence-electron chi connectivity index (χ2n) is 13.9. The first-order chi connectivity index (χ1) is 22.8. The largest absolute Gasteiger partial charge is 0.487 e. The molecular weight excluding hydrogens is 602 g/mol. The monoisotopic (exact) mass is 655 g/mol. The normalized spacial score (nSPS) is 15.2. The number of likely N-dealkylation sites (tertiary alicyclic amines) is 1. The third-order valence-electron chi connectivity index (χ3n) is 9.05. The van der Waals surface area contributed by atoms with Crippen molar-refractivity contribution in [2.24, 2.45) is 5.41 Å². The molecule has 0 atom stereocenters. The second-order valence-corrected chi connectivity index (χ2v) is 13.9. The number of hydrogen-bond donors (Lipinski definition) is 0. The van der Waals surface area contributed by atoms with Crippen LogP contribution in [0.1, 0.15) is 102 Å². The number of hydrogen-bond acceptors (Lipinski definition) is 8. The average molecular weight is 656 g/mol. The van der Waals surface area contributed by atoms with Gasteiger partial charge in [-0.05, 0) is 87.9 Å². The highest BCUT2D eigenvalue weighted by molar-refractivity contribution is 5.70. The molecule has 2 saturated heterocycles. The van der Waals surface area contributed by atoms with Gasteiger partial charge >= 0.3 is 6.09 Å². The Kier molecular flexibility index (Phi) is 12.7. The fourth-order valence-corrected chi connectivity index (χ4v) is 6.40. The molecule has 48 heavy (non-hydrogen) atoms. The Hall–Kier alpha value is -4.45. The van der Waals surface area contributed by atoms with Gasteiger partial charge in [-0.1, -0.05) is 52.8 Å². The van der Waals surface area contributed by atoms with E-state index in [1.54, 1.807) is 6.20 Å². The van der Waals surface area contributed by atoms with Gasteiger partial charge in [-0.3, -0.25) is 0 Å². The van der Waals surface area contributed by atoms with Gasteiger partial charge in [0, 0.05) is 43.2 Å². The minimum atomic E-state index is -0.482. The van der Waals surface area contributed by atoms with E-state index >= 15 is 0 Å². The van der Waals surface area contributed by atoms with Crippen LogP contribution in [0, 0.1) is 23.7 Å². The Bertz CT molecular complexity index is 1560. The van der Waals surface area contributed by atoms with E-state index in [-0.39, 0.29) is 16.9 Å². The molecule has 9 nitrogen and oxygen atoms in total. The van der Waals surface area contributed by atoms with Crippen molar-refractivity contribution in [1.29, 1.82) is 5.26 Å². The number of carbonyl (C=O) groups excluding carboxylic acids is 2. The molecule has 0 radical (unpaired) electrons. The summed E-state index contributed by atoms with van der Waals surface area (Å²) in [5.74, 6) is 1.51. The van der Waals surface area contributed by atoms with Crippen molar-refractivity contribution in [3.8, 4) is 11.8 Å². The lowest BCUT2D eigenvalue weighted by molar-refractivity contribution is -0.0980. The van der Waals surface area contributed by atoms with Crippen molar-refractivity contribution in [1.82, 2.24) is 14.9 Å². The standard InChI is InChI=1S/C36H45N5O3.C2H6.CH2O/c1-8-26-19-29(35(6,7)28-9-11-31(12-10-28)43-22-30-13-16-38-25(2)39-30)20-27(21-37)32(26)40-17-14-36(15-18-40)23-41(24-36)33(42)44-34(3,4)5;2*1-2/h9-13,16,19-20H,8,14-15,17-18,22-24H2,1-7H3;1-2H3;1H2. The summed E-state index contributed by atoms with van der Waals surface area (Å²) in [5.41, 5.74) is 5.48. The Morgan fingerprint density at radius 2 is 1.62 bits per heavy atom. The highest BCUT2D eigenvalue weighted by atomic mass is 16.6. The lowest BCUT2D eigenvalue weighted by Gasteiger charge is -2.54. The van der Waals surface area contributed by atoms with Crippen molar-refractivity contribution in [3.05, 3.63) is 82.4 Å². The SMILES string of the molecule is C=O.CC.CCc1cc(C(C)(C)c2ccc(OCc3ccnc(C)n3)cc2)cc(C#N)c1N1CCC2(CC1)CN(C(=O)OC(C)(C)C)C2. The highest BCUT2D eigenvalue weighted by Gasteiger charge is 2.48. The molecule has 2 fully saturated rings. The molecule has 3 heterocycles. The van der Waals surface area contributed by atoms with E-state index in [9.17, 15) is 10.1 Å². The van der Waals surface area contributed by atoms with Crippen molar-refractivity contribution in [2.75, 3.05) is 31.1 Å². The van der Waals surface area contributed by atoms with Gasteiger partial charge in [-0.2, -0.15) is 5.26 Å². The van der Waals surface area contributed by atoms with E-state index in [0.717, 1.165) is 85.1 Å². The molecule has 2 aromatic carbocycles. The van der Waals surface area contributed by atoms with Gasteiger partial charge in [0.1, 0.15) is 36.6 Å². The smallest absolute Gasteiger partial charge is 0.410 e. The summed E-state index contributed by atoms with van der Waals surface area (Å²) >= 11 is 0. The molecule has 1 aromatic heterocycles. The molecule has 3 aromatic rings. The summed E-state index contributed by atoms with van der Waals surface area (Å²) < 4.78 is 11.5. The predicted molar refractivity (Wildman–Crippen MR) is 190 cm³/mol. The fraction of sp³-hybridized carbons (Fsp3) is 0.513. The Labute approximate surface area is 287 Å². The van der Waals surface area contributed by atoms with Crippen LogP contribution in [0.25, 0.3) is 0 Å². The molecule has 1 spiro atoms. The molecule has 0 N–H and O–H groups in total. The third-order valence-corrected chi connectivity index (χ3v) is 9.05. The van der Waals surface area contributed by atoms with Gasteiger partial charge in [0.05, 0.1) is 16.9 Å². The number of ether oxygens (including phenoxy) is 2. The van der Waals surface area contributed by atoms with E-state index in [0.29, 0.717) is 6.61 Å². The molecule has 0 saturated carbocycles. The first-order valence-corrected chi connectivity index (χ1v) is 16.9. The minimum absolute atomic E-state index is 0.151. The first-order valence-electron chi connectivity index (χ1n) is 16.9. The number of anilines is 1. The zero-order valence-electron chi connectivity index (χ0n) is 30.4. The van der Waals surface area contributed by atoms with Crippen LogP contribution in [0.2, 0.25) is 0 Å². The molecule has 258 valence electrons. The Morgan fingerprint density at radius 1 is 1.00 bits per heavy atom. The molecular formula is C39H53N5O4. The number of nitrogens with zero attached hydrogens (tertiary/aromatic N) is 5. The summed E-state index contributed by atoms with van der Waals surface area (Å²) in [6.07, 6.45) is 4.37. The zero-order valence-corrected chi connectivity index (χ0v) is 30.4. The molecule has 0 bridgehead atoms. The van der Waals surface area contributed by atoms with Gasteiger partial charge in [-0.25, -0.2) is 14.8 Å². The number of rotatable bonds is 7. The first kappa shape index (κ1) is 38.0. The molecule has 2 aliphatic heterocycles. The van der Waals surface area contributed by atoms with Crippen molar-refractivity contribution >= 4 is 18.6 Å². The maximum absolute atomic E-state index is 12.5. The van der Waals surface area contributed by atoms with Crippen molar-refractivity contribution in [3.63, 3.8) is 0 Å². The van der Waals surface area contributed by atoms with Crippen LogP contribution < -0.4 is 9.64 Å². The van der Waals surface area contributed by atoms with Crippen molar-refractivity contribution in [2.45, 2.75) is 99.2 Å². The summed E-state index contributed by atoms with van der Waals surface area (Å²) in [7, 11) is 0. The van der Waals surface area contributed by atoms with Gasteiger partial charge in [-0.15, -0.1) is 0 Å². The topological polar surface area (TPSA) is 109 Å². The highest BCUT2D eigenvalue weighted by Crippen LogP contribution is 2.44. The van der Waals surface area contributed by atoms with Gasteiger partial charge < -0.3 is 24.1 Å². The maximum atomic E-state index is 12.5. The van der Waals surface area contributed by atoms with Crippen LogP contribution in [0.3, 0.4) is 0 Å². The minimum Gasteiger partial charge on any atom is -0.487 e. The van der Waals surface area contributed by atoms with Crippen LogP contribution in [-0.4, -0.2) is 59.5 Å². The predicted octanol–water partition coefficient (Wildman–Crippen LogP) is 7.80. The quantitative estimate of drug-likeness (QED) is 0.254. The average Bonchev–Trinajstić information content (AvgIpc) is 3.07. The third kappa shape index (κ3) is 8.91. The summed E-state index contributed by atoms with van der Waals surface area (Å²) in [5, 5.41) is 10.3. The summed E-state index contributed by atoms with van der Waals surface area (Å²) in [6, 6.07) is 17.0. The molecule has 2 aliphatic rings. The summed E-state index contributed by atoms with van der Waals surface area (Å²) in [6.45, 7) is 23.8. The molecule has 0 unspecified atom stereocenters. The Balaban J connectivity index is 0.00000151. The molecule has 5 rings (SSSR count). The number of benzene rings is 2. The zero-order chi connectivity index (χ0) is 35.7. The van der Waals surface area contributed by atoms with E-state index < -0.39 is 5.60 Å². The van der Waals surface area contributed by atoms with Crippen LogP contribution in [-0.2, 0) is 28.0 Å². The van der Waals surface area contributed by atoms with Gasteiger partial charge in [0.25, 0.3) is 0 Å². The number of nitriles is 1. The van der Waals surface area contributed by atoms with E-state index in [2.05, 4.69) is 66.0 Å². The summed E-state index contributed by atoms with van der Waals surface area (Å²) in [4.78, 5) is 33.3.